The fourth-order valence-corrected chi connectivity index (χ4v) is 2.84. The lowest BCUT2D eigenvalue weighted by Crippen LogP contribution is -2.23. The standard InChI is InChI=1S/C16H21N3OS.HI/c1-3-13-8-9-14(21-13)10-18-16(17)19-15-7-5-4-6-12(15)11-20-2;/h4-9H,3,10-11H2,1-2H3,(H3,17,18,19);1H. The molecule has 0 amide bonds. The maximum absolute atomic E-state index is 5.96. The van der Waals surface area contributed by atoms with Crippen LogP contribution in [-0.2, 0) is 24.3 Å². The van der Waals surface area contributed by atoms with Crippen molar-refractivity contribution >= 4 is 47.0 Å². The molecule has 4 nitrogen and oxygen atoms in total. The molecule has 1 heterocycles. The summed E-state index contributed by atoms with van der Waals surface area (Å²) in [6.07, 6.45) is 1.06. The summed E-state index contributed by atoms with van der Waals surface area (Å²) in [5.41, 5.74) is 7.95. The molecule has 22 heavy (non-hydrogen) atoms. The number of guanidine groups is 1. The summed E-state index contributed by atoms with van der Waals surface area (Å²) in [5.74, 6) is 0.421. The summed E-state index contributed by atoms with van der Waals surface area (Å²) in [5, 5.41) is 3.14. The minimum atomic E-state index is 0. The van der Waals surface area contributed by atoms with Gasteiger partial charge in [-0.15, -0.1) is 35.3 Å². The van der Waals surface area contributed by atoms with E-state index < -0.39 is 0 Å². The van der Waals surface area contributed by atoms with Crippen molar-refractivity contribution in [3.63, 3.8) is 0 Å². The third kappa shape index (κ3) is 5.58. The first kappa shape index (κ1) is 18.9. The van der Waals surface area contributed by atoms with Gasteiger partial charge >= 0.3 is 0 Å². The summed E-state index contributed by atoms with van der Waals surface area (Å²) >= 11 is 1.78. The van der Waals surface area contributed by atoms with Crippen LogP contribution in [0.5, 0.6) is 0 Å². The van der Waals surface area contributed by atoms with Gasteiger partial charge in [-0.3, -0.25) is 0 Å². The van der Waals surface area contributed by atoms with E-state index >= 15 is 0 Å². The molecule has 0 saturated carbocycles. The van der Waals surface area contributed by atoms with Crippen LogP contribution in [0.1, 0.15) is 22.2 Å². The van der Waals surface area contributed by atoms with Gasteiger partial charge in [-0.1, -0.05) is 25.1 Å². The Balaban J connectivity index is 0.00000242. The SMILES string of the molecule is CCc1ccc(CN=C(N)Nc2ccccc2COC)s1.I. The fraction of sp³-hybridized carbons (Fsp3) is 0.312. The molecular weight excluding hydrogens is 409 g/mol. The number of ether oxygens (including phenoxy) is 1. The average Bonchev–Trinajstić information content (AvgIpc) is 2.95. The number of aryl methyl sites for hydroxylation is 1. The molecule has 0 fully saturated rings. The summed E-state index contributed by atoms with van der Waals surface area (Å²) in [7, 11) is 1.68. The van der Waals surface area contributed by atoms with E-state index in [0.717, 1.165) is 17.7 Å². The van der Waals surface area contributed by atoms with E-state index in [1.165, 1.54) is 9.75 Å². The van der Waals surface area contributed by atoms with E-state index in [9.17, 15) is 0 Å². The zero-order chi connectivity index (χ0) is 15.1. The third-order valence-corrected chi connectivity index (χ3v) is 4.27. The van der Waals surface area contributed by atoms with Crippen molar-refractivity contribution < 1.29 is 4.74 Å². The van der Waals surface area contributed by atoms with Crippen LogP contribution >= 0.6 is 35.3 Å². The minimum Gasteiger partial charge on any atom is -0.380 e. The first-order valence-electron chi connectivity index (χ1n) is 6.94. The molecule has 2 rings (SSSR count). The van der Waals surface area contributed by atoms with E-state index in [1.807, 2.05) is 24.3 Å². The van der Waals surface area contributed by atoms with Crippen LogP contribution in [0.4, 0.5) is 5.69 Å². The predicted octanol–water partition coefficient (Wildman–Crippen LogP) is 4.00. The fourth-order valence-electron chi connectivity index (χ4n) is 1.96. The van der Waals surface area contributed by atoms with E-state index in [0.29, 0.717) is 19.1 Å². The molecule has 1 aromatic carbocycles. The number of nitrogens with one attached hydrogen (secondary N) is 1. The number of nitrogens with zero attached hydrogens (tertiary/aromatic N) is 1. The Labute approximate surface area is 152 Å². The minimum absolute atomic E-state index is 0. The van der Waals surface area contributed by atoms with Gasteiger partial charge in [-0.2, -0.15) is 0 Å². The Bertz CT molecular complexity index is 613. The Morgan fingerprint density at radius 3 is 2.64 bits per heavy atom. The molecule has 2 aromatic rings. The molecule has 1 aromatic heterocycles. The second kappa shape index (κ2) is 9.81. The number of para-hydroxylation sites is 1. The van der Waals surface area contributed by atoms with E-state index in [-0.39, 0.29) is 24.0 Å². The number of nitrogens with two attached hydrogens (primary N) is 1. The lowest BCUT2D eigenvalue weighted by Gasteiger charge is -2.10. The van der Waals surface area contributed by atoms with Crippen molar-refractivity contribution in [2.75, 3.05) is 12.4 Å². The Morgan fingerprint density at radius 1 is 1.23 bits per heavy atom. The van der Waals surface area contributed by atoms with Gasteiger partial charge in [0.25, 0.3) is 0 Å². The number of benzene rings is 1. The second-order valence-electron chi connectivity index (χ2n) is 4.64. The first-order valence-corrected chi connectivity index (χ1v) is 7.76. The highest BCUT2D eigenvalue weighted by Crippen LogP contribution is 2.18. The van der Waals surface area contributed by atoms with Crippen molar-refractivity contribution in [2.24, 2.45) is 10.7 Å². The van der Waals surface area contributed by atoms with Crippen molar-refractivity contribution in [1.82, 2.24) is 0 Å². The van der Waals surface area contributed by atoms with Gasteiger partial charge in [-0.05, 0) is 24.6 Å². The summed E-state index contributed by atoms with van der Waals surface area (Å²) in [6, 6.07) is 12.2. The third-order valence-electron chi connectivity index (χ3n) is 3.05. The van der Waals surface area contributed by atoms with Gasteiger partial charge in [0, 0.05) is 28.1 Å². The molecular formula is C16H22IN3OS. The molecule has 0 saturated heterocycles. The number of methoxy groups -OCH3 is 1. The van der Waals surface area contributed by atoms with Crippen LogP contribution in [-0.4, -0.2) is 13.1 Å². The molecule has 6 heteroatoms. The monoisotopic (exact) mass is 431 g/mol. The summed E-state index contributed by atoms with van der Waals surface area (Å²) in [4.78, 5) is 6.99. The Hall–Kier alpha value is -1.12. The normalized spacial score (nSPS) is 11.1. The van der Waals surface area contributed by atoms with Crippen molar-refractivity contribution in [2.45, 2.75) is 26.5 Å². The Morgan fingerprint density at radius 2 is 1.95 bits per heavy atom. The number of aliphatic imine (C=N–C) groups is 1. The number of rotatable bonds is 6. The highest BCUT2D eigenvalue weighted by Gasteiger charge is 2.03. The number of anilines is 1. The number of hydrogen-bond donors (Lipinski definition) is 2. The molecule has 0 bridgehead atoms. The van der Waals surface area contributed by atoms with Crippen molar-refractivity contribution in [3.05, 3.63) is 51.7 Å². The number of thiophene rings is 1. The van der Waals surface area contributed by atoms with Crippen molar-refractivity contribution in [1.29, 1.82) is 0 Å². The van der Waals surface area contributed by atoms with Crippen LogP contribution < -0.4 is 11.1 Å². The van der Waals surface area contributed by atoms with Crippen LogP contribution in [0.25, 0.3) is 0 Å². The molecule has 0 radical (unpaired) electrons. The summed E-state index contributed by atoms with van der Waals surface area (Å²) < 4.78 is 5.18. The van der Waals surface area contributed by atoms with E-state index in [1.54, 1.807) is 18.4 Å². The molecule has 0 spiro atoms. The highest BCUT2D eigenvalue weighted by molar-refractivity contribution is 14.0. The van der Waals surface area contributed by atoms with Gasteiger partial charge < -0.3 is 15.8 Å². The molecule has 0 unspecified atom stereocenters. The van der Waals surface area contributed by atoms with E-state index in [4.69, 9.17) is 10.5 Å². The van der Waals surface area contributed by atoms with Gasteiger partial charge in [0.05, 0.1) is 13.2 Å². The topological polar surface area (TPSA) is 59.6 Å². The lowest BCUT2D eigenvalue weighted by molar-refractivity contribution is 0.185. The average molecular weight is 431 g/mol. The van der Waals surface area contributed by atoms with Crippen molar-refractivity contribution in [3.8, 4) is 0 Å². The Kier molecular flexibility index (Phi) is 8.44. The van der Waals surface area contributed by atoms with Gasteiger partial charge in [0.2, 0.25) is 0 Å². The van der Waals surface area contributed by atoms with Crippen LogP contribution in [0, 0.1) is 0 Å². The molecule has 0 atom stereocenters. The molecule has 120 valence electrons. The molecule has 0 aliphatic rings. The molecule has 3 N–H and O–H groups in total. The van der Waals surface area contributed by atoms with Gasteiger partial charge in [0.15, 0.2) is 5.96 Å². The van der Waals surface area contributed by atoms with Crippen LogP contribution in [0.15, 0.2) is 41.4 Å². The number of halogens is 1. The lowest BCUT2D eigenvalue weighted by atomic mass is 10.2. The van der Waals surface area contributed by atoms with Gasteiger partial charge in [-0.25, -0.2) is 4.99 Å². The highest BCUT2D eigenvalue weighted by atomic mass is 127. The second-order valence-corrected chi connectivity index (χ2v) is 5.89. The summed E-state index contributed by atoms with van der Waals surface area (Å²) in [6.45, 7) is 3.30. The maximum atomic E-state index is 5.96. The zero-order valence-corrected chi connectivity index (χ0v) is 16.0. The smallest absolute Gasteiger partial charge is 0.193 e. The molecule has 0 aliphatic heterocycles. The zero-order valence-electron chi connectivity index (χ0n) is 12.8. The predicted molar refractivity (Wildman–Crippen MR) is 105 cm³/mol. The molecule has 0 aliphatic carbocycles. The maximum Gasteiger partial charge on any atom is 0.193 e. The number of hydrogen-bond acceptors (Lipinski definition) is 3. The van der Waals surface area contributed by atoms with Crippen LogP contribution in [0.2, 0.25) is 0 Å². The van der Waals surface area contributed by atoms with Crippen LogP contribution in [0.3, 0.4) is 0 Å². The van der Waals surface area contributed by atoms with Gasteiger partial charge in [0.1, 0.15) is 0 Å². The first-order chi connectivity index (χ1) is 10.2. The largest absolute Gasteiger partial charge is 0.380 e. The quantitative estimate of drug-likeness (QED) is 0.413. The van der Waals surface area contributed by atoms with E-state index in [2.05, 4.69) is 29.4 Å².